The molecule has 0 unspecified atom stereocenters. The molecule has 14 heavy (non-hydrogen) atoms. The van der Waals surface area contributed by atoms with Crippen LogP contribution in [0.5, 0.6) is 0 Å². The number of hydrogen-bond acceptors (Lipinski definition) is 3. The van der Waals surface area contributed by atoms with Crippen molar-refractivity contribution in [1.29, 1.82) is 0 Å². The largest absolute Gasteiger partial charge is 0.432 e. The highest BCUT2D eigenvalue weighted by atomic mass is 28.4. The third-order valence-corrected chi connectivity index (χ3v) is 4.41. The van der Waals surface area contributed by atoms with Crippen molar-refractivity contribution < 1.29 is 9.22 Å². The first kappa shape index (κ1) is 16.7. The maximum Gasteiger partial charge on any atom is 0.183 e. The zero-order chi connectivity index (χ0) is 11.8. The zero-order valence-corrected chi connectivity index (χ0v) is 12.6. The van der Waals surface area contributed by atoms with Crippen LogP contribution in [-0.2, 0) is 4.43 Å². The monoisotopic (exact) mass is 237 g/mol. The molecule has 0 heterocycles. The van der Waals surface area contributed by atoms with E-state index >= 15 is 0 Å². The van der Waals surface area contributed by atoms with Gasteiger partial charge in [-0.15, -0.1) is 0 Å². The molecule has 0 amide bonds. The van der Waals surface area contributed by atoms with Gasteiger partial charge in [-0.3, -0.25) is 0 Å². The van der Waals surface area contributed by atoms with E-state index < -0.39 is 16.6 Å². The van der Waals surface area contributed by atoms with Crippen LogP contribution in [0, 0.1) is 0 Å². The van der Waals surface area contributed by atoms with E-state index in [-0.39, 0.29) is 0 Å². The SMILES string of the molecule is CO[Si](C)(C)C.C[Si](C)(O)CCCN. The van der Waals surface area contributed by atoms with Gasteiger partial charge in [0.2, 0.25) is 0 Å². The van der Waals surface area contributed by atoms with Crippen molar-refractivity contribution in [2.45, 2.75) is 45.2 Å². The van der Waals surface area contributed by atoms with E-state index in [0.29, 0.717) is 6.54 Å². The van der Waals surface area contributed by atoms with Gasteiger partial charge in [0.1, 0.15) is 0 Å². The third kappa shape index (κ3) is 22.8. The van der Waals surface area contributed by atoms with Crippen LogP contribution < -0.4 is 5.73 Å². The lowest BCUT2D eigenvalue weighted by Gasteiger charge is -2.11. The minimum absolute atomic E-state index is 0.705. The lowest BCUT2D eigenvalue weighted by atomic mass is 10.5. The lowest BCUT2D eigenvalue weighted by molar-refractivity contribution is 0.411. The van der Waals surface area contributed by atoms with Crippen molar-refractivity contribution in [3.63, 3.8) is 0 Å². The molecule has 0 rings (SSSR count). The number of hydrogen-bond donors (Lipinski definition) is 2. The molecule has 0 spiro atoms. The highest BCUT2D eigenvalue weighted by Crippen LogP contribution is 2.05. The molecule has 5 heteroatoms. The van der Waals surface area contributed by atoms with Gasteiger partial charge in [0.25, 0.3) is 0 Å². The Labute approximate surface area is 90.9 Å². The van der Waals surface area contributed by atoms with Crippen molar-refractivity contribution in [3.8, 4) is 0 Å². The smallest absolute Gasteiger partial charge is 0.183 e. The van der Waals surface area contributed by atoms with Gasteiger partial charge < -0.3 is 15.0 Å². The fraction of sp³-hybridized carbons (Fsp3) is 1.00. The van der Waals surface area contributed by atoms with Gasteiger partial charge in [-0.2, -0.15) is 0 Å². The normalized spacial score (nSPS) is 12.0. The van der Waals surface area contributed by atoms with E-state index in [0.717, 1.165) is 12.5 Å². The Morgan fingerprint density at radius 2 is 1.50 bits per heavy atom. The highest BCUT2D eigenvalue weighted by Gasteiger charge is 2.14. The van der Waals surface area contributed by atoms with Crippen molar-refractivity contribution in [3.05, 3.63) is 0 Å². The number of rotatable bonds is 4. The molecule has 0 atom stereocenters. The van der Waals surface area contributed by atoms with E-state index in [2.05, 4.69) is 19.6 Å². The molecule has 0 aromatic heterocycles. The van der Waals surface area contributed by atoms with Crippen LogP contribution in [0.4, 0.5) is 0 Å². The molecule has 0 bridgehead atoms. The van der Waals surface area contributed by atoms with Gasteiger partial charge >= 0.3 is 0 Å². The zero-order valence-electron chi connectivity index (χ0n) is 10.6. The average molecular weight is 237 g/mol. The summed E-state index contributed by atoms with van der Waals surface area (Å²) in [5.41, 5.74) is 5.25. The second-order valence-electron chi connectivity index (χ2n) is 5.02. The first-order chi connectivity index (χ1) is 6.12. The van der Waals surface area contributed by atoms with Gasteiger partial charge in [-0.05, 0) is 51.7 Å². The Bertz CT molecular complexity index is 130. The van der Waals surface area contributed by atoms with Gasteiger partial charge in [0.05, 0.1) is 0 Å². The van der Waals surface area contributed by atoms with Crippen LogP contribution in [-0.4, -0.2) is 35.1 Å². The first-order valence-corrected chi connectivity index (χ1v) is 11.7. The van der Waals surface area contributed by atoms with Crippen LogP contribution >= 0.6 is 0 Å². The maximum atomic E-state index is 9.23. The molecule has 0 saturated heterocycles. The van der Waals surface area contributed by atoms with E-state index in [1.807, 2.05) is 13.1 Å². The Morgan fingerprint density at radius 3 is 1.57 bits per heavy atom. The molecule has 0 radical (unpaired) electrons. The predicted molar refractivity (Wildman–Crippen MR) is 68.5 cm³/mol. The summed E-state index contributed by atoms with van der Waals surface area (Å²) in [6, 6.07) is 0.934. The molecule has 88 valence electrons. The van der Waals surface area contributed by atoms with Crippen molar-refractivity contribution >= 4 is 16.6 Å². The minimum atomic E-state index is -1.76. The van der Waals surface area contributed by atoms with E-state index in [4.69, 9.17) is 10.2 Å². The van der Waals surface area contributed by atoms with E-state index in [9.17, 15) is 4.80 Å². The van der Waals surface area contributed by atoms with Crippen molar-refractivity contribution in [1.82, 2.24) is 0 Å². The molecule has 0 aliphatic heterocycles. The van der Waals surface area contributed by atoms with Gasteiger partial charge in [0, 0.05) is 7.11 Å². The molecular formula is C9H27NO2Si2. The average Bonchev–Trinajstić information content (AvgIpc) is 1.99. The molecule has 3 nitrogen and oxygen atoms in total. The van der Waals surface area contributed by atoms with Crippen molar-refractivity contribution in [2.75, 3.05) is 13.7 Å². The molecule has 3 N–H and O–H groups in total. The van der Waals surface area contributed by atoms with Crippen LogP contribution in [0.1, 0.15) is 6.42 Å². The molecule has 0 aliphatic rings. The summed E-state index contributed by atoms with van der Waals surface area (Å²) in [5.74, 6) is 0. The topological polar surface area (TPSA) is 55.5 Å². The van der Waals surface area contributed by atoms with Crippen LogP contribution in [0.15, 0.2) is 0 Å². The Kier molecular flexibility index (Phi) is 9.07. The number of nitrogens with two attached hydrogens (primary N) is 1. The van der Waals surface area contributed by atoms with E-state index in [1.54, 1.807) is 7.11 Å². The lowest BCUT2D eigenvalue weighted by Crippen LogP contribution is -2.25. The molecule has 0 aromatic rings. The maximum absolute atomic E-state index is 9.23. The predicted octanol–water partition coefficient (Wildman–Crippen LogP) is 2.00. The van der Waals surface area contributed by atoms with Crippen LogP contribution in [0.25, 0.3) is 0 Å². The minimum Gasteiger partial charge on any atom is -0.432 e. The first-order valence-electron chi connectivity index (χ1n) is 5.10. The summed E-state index contributed by atoms with van der Waals surface area (Å²) in [7, 11) is -1.12. The summed E-state index contributed by atoms with van der Waals surface area (Å²) in [5, 5.41) is 0. The van der Waals surface area contributed by atoms with E-state index in [1.165, 1.54) is 0 Å². The fourth-order valence-corrected chi connectivity index (χ4v) is 1.60. The molecular weight excluding hydrogens is 210 g/mol. The fourth-order valence-electron chi connectivity index (χ4n) is 0.535. The Morgan fingerprint density at radius 1 is 1.14 bits per heavy atom. The Balaban J connectivity index is 0. The second-order valence-corrected chi connectivity index (χ2v) is 13.8. The van der Waals surface area contributed by atoms with Gasteiger partial charge in [-0.25, -0.2) is 0 Å². The van der Waals surface area contributed by atoms with Gasteiger partial charge in [-0.1, -0.05) is 0 Å². The molecule has 0 aliphatic carbocycles. The second kappa shape index (κ2) is 7.59. The van der Waals surface area contributed by atoms with Crippen LogP contribution in [0.2, 0.25) is 38.8 Å². The van der Waals surface area contributed by atoms with Crippen LogP contribution in [0.3, 0.4) is 0 Å². The molecule has 0 fully saturated rings. The molecule has 0 saturated carbocycles. The summed E-state index contributed by atoms with van der Waals surface area (Å²) in [6.07, 6.45) is 0.968. The molecule has 0 aromatic carbocycles. The summed E-state index contributed by atoms with van der Waals surface area (Å²) in [6.45, 7) is 11.1. The van der Waals surface area contributed by atoms with Crippen molar-refractivity contribution in [2.24, 2.45) is 5.73 Å². The highest BCUT2D eigenvalue weighted by molar-refractivity contribution is 6.70. The summed E-state index contributed by atoms with van der Waals surface area (Å²) in [4.78, 5) is 9.23. The summed E-state index contributed by atoms with van der Waals surface area (Å²) >= 11 is 0. The van der Waals surface area contributed by atoms with Gasteiger partial charge in [0.15, 0.2) is 16.6 Å². The standard InChI is InChI=1S/C5H15NOSi.C4H12OSi/c1-8(2,7)5-3-4-6;1-5-6(2,3)4/h7H,3-6H2,1-2H3;1-4H3. The third-order valence-electron chi connectivity index (χ3n) is 1.61. The summed E-state index contributed by atoms with van der Waals surface area (Å²) < 4.78 is 5.08. The Hall–Kier alpha value is 0.314. The quantitative estimate of drug-likeness (QED) is 0.735.